The van der Waals surface area contributed by atoms with Gasteiger partial charge in [-0.05, 0) is 30.2 Å². The van der Waals surface area contributed by atoms with Crippen molar-refractivity contribution in [3.63, 3.8) is 0 Å². The molecular weight excluding hydrogens is 347 g/mol. The molecule has 0 bridgehead atoms. The van der Waals surface area contributed by atoms with E-state index >= 15 is 0 Å². The van der Waals surface area contributed by atoms with Crippen molar-refractivity contribution in [2.24, 2.45) is 0 Å². The molecule has 1 heterocycles. The largest absolute Gasteiger partial charge is 0.326 e. The molecule has 0 radical (unpaired) electrons. The van der Waals surface area contributed by atoms with E-state index in [1.54, 1.807) is 24.3 Å². The van der Waals surface area contributed by atoms with Gasteiger partial charge < -0.3 is 5.32 Å². The Morgan fingerprint density at radius 1 is 1.05 bits per heavy atom. The number of halogens is 3. The summed E-state index contributed by atoms with van der Waals surface area (Å²) in [6.45, 7) is 3.94. The quantitative estimate of drug-likeness (QED) is 0.740. The first-order valence-corrected chi connectivity index (χ1v) is 7.56. The average molecular weight is 360 g/mol. The fraction of sp³-hybridized carbons (Fsp3) is 0.214. The average Bonchev–Trinajstić information content (AvgIpc) is 2.42. The lowest BCUT2D eigenvalue weighted by molar-refractivity contribution is 0.262. The van der Waals surface area contributed by atoms with Crippen LogP contribution in [0.5, 0.6) is 0 Å². The van der Waals surface area contributed by atoms with Gasteiger partial charge in [0.25, 0.3) is 0 Å². The van der Waals surface area contributed by atoms with Gasteiger partial charge >= 0.3 is 6.03 Å². The molecule has 0 fully saturated rings. The molecule has 0 saturated carbocycles. The third-order valence-electron chi connectivity index (χ3n) is 2.71. The molecule has 22 heavy (non-hydrogen) atoms. The first kappa shape index (κ1) is 16.8. The summed E-state index contributed by atoms with van der Waals surface area (Å²) >= 11 is 17.6. The minimum atomic E-state index is -0.504. The van der Waals surface area contributed by atoms with E-state index < -0.39 is 6.03 Å². The Labute approximate surface area is 143 Å². The summed E-state index contributed by atoms with van der Waals surface area (Å²) in [5, 5.41) is 6.16. The van der Waals surface area contributed by atoms with Crippen LogP contribution in [0.4, 0.5) is 16.4 Å². The Bertz CT molecular complexity index is 706. The Morgan fingerprint density at radius 3 is 2.41 bits per heavy atom. The molecule has 2 amide bonds. The SMILES string of the molecule is CC(C)c1cc(Cl)nc(NC(=O)Nc2ccc(Cl)c(Cl)c2)n1. The molecule has 2 N–H and O–H groups in total. The number of anilines is 2. The van der Waals surface area contributed by atoms with Crippen molar-refractivity contribution in [2.45, 2.75) is 19.8 Å². The maximum atomic E-state index is 11.9. The standard InChI is InChI=1S/C14H13Cl3N4O/c1-7(2)11-6-12(17)20-13(19-11)21-14(22)18-8-3-4-9(15)10(16)5-8/h3-7H,1-2H3,(H2,18,19,20,21,22). The molecule has 0 aliphatic carbocycles. The van der Waals surface area contributed by atoms with E-state index in [9.17, 15) is 4.79 Å². The molecule has 8 heteroatoms. The van der Waals surface area contributed by atoms with Crippen molar-refractivity contribution >= 4 is 52.5 Å². The van der Waals surface area contributed by atoms with E-state index in [1.165, 1.54) is 0 Å². The summed E-state index contributed by atoms with van der Waals surface area (Å²) < 4.78 is 0. The maximum Gasteiger partial charge on any atom is 0.326 e. The molecule has 2 rings (SSSR count). The van der Waals surface area contributed by atoms with Crippen molar-refractivity contribution in [3.05, 3.63) is 45.2 Å². The lowest BCUT2D eigenvalue weighted by atomic mass is 10.1. The second-order valence-corrected chi connectivity index (χ2v) is 6.00. The highest BCUT2D eigenvalue weighted by molar-refractivity contribution is 6.42. The van der Waals surface area contributed by atoms with Gasteiger partial charge in [0.15, 0.2) is 0 Å². The molecule has 5 nitrogen and oxygen atoms in total. The predicted molar refractivity (Wildman–Crippen MR) is 90.2 cm³/mol. The van der Waals surface area contributed by atoms with Crippen molar-refractivity contribution in [1.82, 2.24) is 9.97 Å². The topological polar surface area (TPSA) is 66.9 Å². The molecule has 2 aromatic rings. The van der Waals surface area contributed by atoms with Gasteiger partial charge in [0.05, 0.1) is 15.7 Å². The molecule has 116 valence electrons. The van der Waals surface area contributed by atoms with Crippen LogP contribution in [0.25, 0.3) is 0 Å². The monoisotopic (exact) mass is 358 g/mol. The van der Waals surface area contributed by atoms with E-state index in [2.05, 4.69) is 20.6 Å². The smallest absolute Gasteiger partial charge is 0.308 e. The number of hydrogen-bond acceptors (Lipinski definition) is 3. The minimum Gasteiger partial charge on any atom is -0.308 e. The number of urea groups is 1. The lowest BCUT2D eigenvalue weighted by Gasteiger charge is -2.10. The summed E-state index contributed by atoms with van der Waals surface area (Å²) in [5.41, 5.74) is 1.24. The van der Waals surface area contributed by atoms with Crippen molar-refractivity contribution < 1.29 is 4.79 Å². The number of rotatable bonds is 3. The van der Waals surface area contributed by atoms with E-state index in [0.29, 0.717) is 15.7 Å². The van der Waals surface area contributed by atoms with Crippen LogP contribution >= 0.6 is 34.8 Å². The molecule has 0 unspecified atom stereocenters. The fourth-order valence-corrected chi connectivity index (χ4v) is 2.11. The van der Waals surface area contributed by atoms with Crippen LogP contribution < -0.4 is 10.6 Å². The number of carbonyl (C=O) groups excluding carboxylic acids is 1. The van der Waals surface area contributed by atoms with E-state index in [4.69, 9.17) is 34.8 Å². The minimum absolute atomic E-state index is 0.133. The summed E-state index contributed by atoms with van der Waals surface area (Å²) in [5.74, 6) is 0.299. The van der Waals surface area contributed by atoms with Gasteiger partial charge in [-0.1, -0.05) is 48.7 Å². The first-order chi connectivity index (χ1) is 10.3. The highest BCUT2D eigenvalue weighted by Crippen LogP contribution is 2.25. The van der Waals surface area contributed by atoms with E-state index in [-0.39, 0.29) is 17.0 Å². The zero-order valence-electron chi connectivity index (χ0n) is 11.8. The molecule has 1 aromatic heterocycles. The van der Waals surface area contributed by atoms with Crippen molar-refractivity contribution in [1.29, 1.82) is 0 Å². The molecular formula is C14H13Cl3N4O. The van der Waals surface area contributed by atoms with E-state index in [1.807, 2.05) is 13.8 Å². The predicted octanol–water partition coefficient (Wildman–Crippen LogP) is 5.20. The highest BCUT2D eigenvalue weighted by atomic mass is 35.5. The second kappa shape index (κ2) is 7.13. The number of amides is 2. The molecule has 0 spiro atoms. The normalized spacial score (nSPS) is 10.6. The first-order valence-electron chi connectivity index (χ1n) is 6.42. The van der Waals surface area contributed by atoms with Gasteiger partial charge in [0.1, 0.15) is 5.15 Å². The number of nitrogens with one attached hydrogen (secondary N) is 2. The number of hydrogen-bond donors (Lipinski definition) is 2. The lowest BCUT2D eigenvalue weighted by Crippen LogP contribution is -2.21. The second-order valence-electron chi connectivity index (χ2n) is 4.80. The molecule has 0 aliphatic rings. The number of carbonyl (C=O) groups is 1. The van der Waals surface area contributed by atoms with Crippen LogP contribution in [0.15, 0.2) is 24.3 Å². The fourth-order valence-electron chi connectivity index (χ4n) is 1.62. The van der Waals surface area contributed by atoms with Crippen LogP contribution in [0.2, 0.25) is 15.2 Å². The Hall–Kier alpha value is -1.56. The number of nitrogens with zero attached hydrogens (tertiary/aromatic N) is 2. The van der Waals surface area contributed by atoms with Gasteiger partial charge in [0.2, 0.25) is 5.95 Å². The summed E-state index contributed by atoms with van der Waals surface area (Å²) in [4.78, 5) is 20.1. The molecule has 0 atom stereocenters. The van der Waals surface area contributed by atoms with Crippen molar-refractivity contribution in [3.8, 4) is 0 Å². The van der Waals surface area contributed by atoms with Gasteiger partial charge in [-0.3, -0.25) is 5.32 Å². The Balaban J connectivity index is 2.10. The van der Waals surface area contributed by atoms with Gasteiger partial charge in [0, 0.05) is 5.69 Å². The molecule has 0 aliphatic heterocycles. The molecule has 0 saturated heterocycles. The number of benzene rings is 1. The summed E-state index contributed by atoms with van der Waals surface area (Å²) in [6.07, 6.45) is 0. The molecule has 1 aromatic carbocycles. The summed E-state index contributed by atoms with van der Waals surface area (Å²) in [6, 6.07) is 5.92. The van der Waals surface area contributed by atoms with Crippen LogP contribution in [-0.4, -0.2) is 16.0 Å². The van der Waals surface area contributed by atoms with Crippen molar-refractivity contribution in [2.75, 3.05) is 10.6 Å². The third-order valence-corrected chi connectivity index (χ3v) is 3.64. The van der Waals surface area contributed by atoms with Gasteiger partial charge in [-0.15, -0.1) is 0 Å². The van der Waals surface area contributed by atoms with Crippen LogP contribution in [0, 0.1) is 0 Å². The summed E-state index contributed by atoms with van der Waals surface area (Å²) in [7, 11) is 0. The van der Waals surface area contributed by atoms with Crippen LogP contribution in [0.3, 0.4) is 0 Å². The Morgan fingerprint density at radius 2 is 1.77 bits per heavy atom. The zero-order valence-corrected chi connectivity index (χ0v) is 14.1. The highest BCUT2D eigenvalue weighted by Gasteiger charge is 2.10. The van der Waals surface area contributed by atoms with Gasteiger partial charge in [-0.25, -0.2) is 14.8 Å². The Kier molecular flexibility index (Phi) is 5.45. The van der Waals surface area contributed by atoms with Crippen LogP contribution in [0.1, 0.15) is 25.5 Å². The van der Waals surface area contributed by atoms with Crippen LogP contribution in [-0.2, 0) is 0 Å². The van der Waals surface area contributed by atoms with E-state index in [0.717, 1.165) is 5.69 Å². The third kappa shape index (κ3) is 4.47. The zero-order chi connectivity index (χ0) is 16.3. The number of aromatic nitrogens is 2. The maximum absolute atomic E-state index is 11.9. The van der Waals surface area contributed by atoms with Gasteiger partial charge in [-0.2, -0.15) is 0 Å².